The first-order valence-electron chi connectivity index (χ1n) is 12.0. The molecule has 12 nitrogen and oxygen atoms in total. The van der Waals surface area contributed by atoms with E-state index >= 15 is 0 Å². The highest BCUT2D eigenvalue weighted by atomic mass is 32.1. The molecule has 196 valence electrons. The second-order valence-electron chi connectivity index (χ2n) is 8.59. The Kier molecular flexibility index (Phi) is 7.67. The fourth-order valence-corrected chi connectivity index (χ4v) is 4.81. The van der Waals surface area contributed by atoms with Crippen molar-refractivity contribution in [2.75, 3.05) is 49.5 Å². The number of nitro benzene ring substituents is 1. The van der Waals surface area contributed by atoms with E-state index in [1.54, 1.807) is 18.3 Å². The van der Waals surface area contributed by atoms with Gasteiger partial charge in [-0.1, -0.05) is 11.3 Å². The van der Waals surface area contributed by atoms with Crippen LogP contribution in [0.3, 0.4) is 0 Å². The van der Waals surface area contributed by atoms with E-state index in [-0.39, 0.29) is 12.3 Å². The molecule has 1 aliphatic heterocycles. The molecule has 5 rings (SSSR count). The zero-order chi connectivity index (χ0) is 26.5. The number of hydrogen-bond acceptors (Lipinski definition) is 12. The molecule has 38 heavy (non-hydrogen) atoms. The van der Waals surface area contributed by atoms with Crippen molar-refractivity contribution in [3.05, 3.63) is 70.7 Å². The zero-order valence-corrected chi connectivity index (χ0v) is 21.5. The molecule has 0 spiro atoms. The number of benzene rings is 2. The minimum absolute atomic E-state index is 0.0166. The first-order valence-corrected chi connectivity index (χ1v) is 12.8. The van der Waals surface area contributed by atoms with Gasteiger partial charge in [-0.3, -0.25) is 20.3 Å². The molecule has 2 N–H and O–H groups in total. The Morgan fingerprint density at radius 1 is 1.03 bits per heavy atom. The maximum Gasteiger partial charge on any atom is 0.269 e. The Bertz CT molecular complexity index is 1390. The Labute approximate surface area is 222 Å². The number of thiazole rings is 1. The van der Waals surface area contributed by atoms with Crippen LogP contribution < -0.4 is 15.0 Å². The van der Waals surface area contributed by atoms with Crippen LogP contribution >= 0.6 is 11.3 Å². The lowest BCUT2D eigenvalue weighted by Gasteiger charge is -2.34. The van der Waals surface area contributed by atoms with Crippen LogP contribution in [0, 0.1) is 17.0 Å². The van der Waals surface area contributed by atoms with Crippen molar-refractivity contribution in [3.63, 3.8) is 0 Å². The molecule has 1 fully saturated rings. The molecule has 0 atom stereocenters. The van der Waals surface area contributed by atoms with Crippen molar-refractivity contribution < 1.29 is 14.8 Å². The minimum atomic E-state index is -0.444. The highest BCUT2D eigenvalue weighted by Gasteiger charge is 2.20. The average Bonchev–Trinajstić information content (AvgIpc) is 3.38. The Morgan fingerprint density at radius 3 is 2.37 bits per heavy atom. The monoisotopic (exact) mass is 534 g/mol. The molecule has 13 heteroatoms. The fraction of sp³-hybridized carbons (Fsp3) is 0.280. The van der Waals surface area contributed by atoms with Crippen LogP contribution in [0.4, 0.5) is 22.7 Å². The van der Waals surface area contributed by atoms with Crippen molar-refractivity contribution in [1.29, 1.82) is 0 Å². The molecule has 0 saturated carbocycles. The topological polar surface area (TPSA) is 143 Å². The summed E-state index contributed by atoms with van der Waals surface area (Å²) < 4.78 is 5.79. The summed E-state index contributed by atoms with van der Waals surface area (Å²) in [7, 11) is 0. The summed E-state index contributed by atoms with van der Waals surface area (Å²) in [5, 5.41) is 23.8. The van der Waals surface area contributed by atoms with Gasteiger partial charge in [0, 0.05) is 51.1 Å². The van der Waals surface area contributed by atoms with Crippen molar-refractivity contribution in [3.8, 4) is 21.9 Å². The molecule has 1 aliphatic rings. The molecule has 4 aromatic rings. The molecular formula is C25H26N8O4S. The van der Waals surface area contributed by atoms with E-state index in [2.05, 4.69) is 35.1 Å². The van der Waals surface area contributed by atoms with Crippen LogP contribution in [0.2, 0.25) is 0 Å². The number of nitro groups is 1. The molecule has 1 saturated heterocycles. The summed E-state index contributed by atoms with van der Waals surface area (Å²) in [6, 6.07) is 13.5. The molecule has 2 aromatic heterocycles. The molecule has 0 amide bonds. The highest BCUT2D eigenvalue weighted by Crippen LogP contribution is 2.32. The van der Waals surface area contributed by atoms with Crippen LogP contribution in [-0.2, 0) is 0 Å². The lowest BCUT2D eigenvalue weighted by Crippen LogP contribution is -2.47. The number of β-amino-alcohol motifs (C(OH)–C–C–N with tert-alkyl or cyclic N) is 1. The summed E-state index contributed by atoms with van der Waals surface area (Å²) in [5.41, 5.74) is 0.989. The van der Waals surface area contributed by atoms with Gasteiger partial charge in [-0.15, -0.1) is 0 Å². The Balaban J connectivity index is 1.22. The number of non-ortho nitro benzene ring substituents is 1. The Morgan fingerprint density at radius 2 is 1.71 bits per heavy atom. The van der Waals surface area contributed by atoms with Crippen molar-refractivity contribution in [2.24, 2.45) is 0 Å². The van der Waals surface area contributed by atoms with Gasteiger partial charge < -0.3 is 14.7 Å². The van der Waals surface area contributed by atoms with Crippen molar-refractivity contribution in [2.45, 2.75) is 6.92 Å². The number of aliphatic hydroxyl groups excluding tert-OH is 1. The maximum absolute atomic E-state index is 10.8. The van der Waals surface area contributed by atoms with E-state index < -0.39 is 4.92 Å². The third kappa shape index (κ3) is 6.19. The van der Waals surface area contributed by atoms with Gasteiger partial charge in [-0.25, -0.2) is 4.98 Å². The van der Waals surface area contributed by atoms with E-state index in [1.807, 2.05) is 31.2 Å². The van der Waals surface area contributed by atoms with E-state index in [0.29, 0.717) is 40.9 Å². The van der Waals surface area contributed by atoms with Gasteiger partial charge in [-0.05, 0) is 48.9 Å². The molecular weight excluding hydrogens is 508 g/mol. The fourth-order valence-electron chi connectivity index (χ4n) is 4.00. The van der Waals surface area contributed by atoms with Gasteiger partial charge in [0.25, 0.3) is 5.69 Å². The number of anilines is 3. The number of aryl methyl sites for hydroxylation is 1. The first-order chi connectivity index (χ1) is 18.5. The molecule has 0 radical (unpaired) electrons. The van der Waals surface area contributed by atoms with Gasteiger partial charge in [0.05, 0.1) is 16.4 Å². The third-order valence-electron chi connectivity index (χ3n) is 5.95. The summed E-state index contributed by atoms with van der Waals surface area (Å²) in [5.74, 6) is 2.83. The molecule has 0 aliphatic carbocycles. The average molecular weight is 535 g/mol. The second-order valence-corrected chi connectivity index (χ2v) is 9.62. The van der Waals surface area contributed by atoms with E-state index in [9.17, 15) is 10.1 Å². The van der Waals surface area contributed by atoms with Crippen LogP contribution in [0.25, 0.3) is 10.4 Å². The van der Waals surface area contributed by atoms with Gasteiger partial charge in [0.15, 0.2) is 5.13 Å². The summed E-state index contributed by atoms with van der Waals surface area (Å²) in [4.78, 5) is 33.7. The maximum atomic E-state index is 10.8. The van der Waals surface area contributed by atoms with Crippen LogP contribution in [0.15, 0.2) is 54.7 Å². The molecule has 0 unspecified atom stereocenters. The lowest BCUT2D eigenvalue weighted by atomic mass is 10.2. The third-order valence-corrected chi connectivity index (χ3v) is 6.92. The predicted molar refractivity (Wildman–Crippen MR) is 144 cm³/mol. The van der Waals surface area contributed by atoms with Crippen LogP contribution in [0.1, 0.15) is 5.82 Å². The van der Waals surface area contributed by atoms with Crippen molar-refractivity contribution >= 4 is 34.1 Å². The standard InChI is InChI=1S/C25H26N8O4S/c1-17-27-23(29-24(28-17)32-12-10-31(11-13-32)14-15-34)30-25-26-16-22(38-25)18-2-6-20(7-3-18)37-21-8-4-19(5-9-21)33(35)36/h2-9,16,34H,10-15H2,1H3,(H,26,27,28,29,30). The number of ether oxygens (including phenoxy) is 1. The molecule has 3 heterocycles. The second kappa shape index (κ2) is 11.5. The smallest absolute Gasteiger partial charge is 0.269 e. The largest absolute Gasteiger partial charge is 0.457 e. The number of hydrogen-bond donors (Lipinski definition) is 2. The zero-order valence-electron chi connectivity index (χ0n) is 20.6. The SMILES string of the molecule is Cc1nc(Nc2ncc(-c3ccc(Oc4ccc([N+](=O)[O-])cc4)cc3)s2)nc(N2CCN(CCO)CC2)n1. The van der Waals surface area contributed by atoms with Crippen LogP contribution in [0.5, 0.6) is 11.5 Å². The van der Waals surface area contributed by atoms with Gasteiger partial charge in [0.1, 0.15) is 17.3 Å². The van der Waals surface area contributed by atoms with E-state index in [4.69, 9.17) is 9.84 Å². The highest BCUT2D eigenvalue weighted by molar-refractivity contribution is 7.18. The van der Waals surface area contributed by atoms with Gasteiger partial charge in [0.2, 0.25) is 11.9 Å². The number of rotatable bonds is 9. The van der Waals surface area contributed by atoms with Gasteiger partial charge in [-0.2, -0.15) is 15.0 Å². The lowest BCUT2D eigenvalue weighted by molar-refractivity contribution is -0.384. The quantitative estimate of drug-likeness (QED) is 0.239. The summed E-state index contributed by atoms with van der Waals surface area (Å²) >= 11 is 1.48. The predicted octanol–water partition coefficient (Wildman–Crippen LogP) is 3.86. The number of aliphatic hydroxyl groups is 1. The number of aromatic nitrogens is 4. The number of piperazine rings is 1. The Hall–Kier alpha value is -4.20. The van der Waals surface area contributed by atoms with E-state index in [1.165, 1.54) is 23.5 Å². The minimum Gasteiger partial charge on any atom is -0.457 e. The molecule has 0 bridgehead atoms. The number of nitrogens with zero attached hydrogens (tertiary/aromatic N) is 7. The first kappa shape index (κ1) is 25.4. The molecule has 2 aromatic carbocycles. The summed E-state index contributed by atoms with van der Waals surface area (Å²) in [6.07, 6.45) is 1.79. The normalized spacial score (nSPS) is 13.9. The van der Waals surface area contributed by atoms with Crippen molar-refractivity contribution in [1.82, 2.24) is 24.8 Å². The van der Waals surface area contributed by atoms with Crippen LogP contribution in [-0.4, -0.2) is 74.2 Å². The number of nitrogens with one attached hydrogen (secondary N) is 1. The van der Waals surface area contributed by atoms with E-state index in [0.717, 1.165) is 36.6 Å². The summed E-state index contributed by atoms with van der Waals surface area (Å²) in [6.45, 7) is 5.95. The van der Waals surface area contributed by atoms with Gasteiger partial charge >= 0.3 is 0 Å².